The lowest BCUT2D eigenvalue weighted by molar-refractivity contribution is -0.141. The van der Waals surface area contributed by atoms with Crippen LogP contribution in [0.5, 0.6) is 0 Å². The molecule has 2 atom stereocenters. The Balaban J connectivity index is 1.37. The van der Waals surface area contributed by atoms with Gasteiger partial charge in [-0.3, -0.25) is 9.78 Å². The summed E-state index contributed by atoms with van der Waals surface area (Å²) in [6.07, 6.45) is 4.47. The molecule has 2 aliphatic rings. The van der Waals surface area contributed by atoms with Crippen molar-refractivity contribution >= 4 is 5.91 Å². The van der Waals surface area contributed by atoms with Crippen LogP contribution in [0.15, 0.2) is 54.6 Å². The van der Waals surface area contributed by atoms with Gasteiger partial charge in [0.25, 0.3) is 5.91 Å². The third-order valence-corrected chi connectivity index (χ3v) is 6.12. The smallest absolute Gasteiger partial charge is 0.333 e. The fourth-order valence-corrected chi connectivity index (χ4v) is 4.27. The highest BCUT2D eigenvalue weighted by molar-refractivity contribution is 5.98. The summed E-state index contributed by atoms with van der Waals surface area (Å²) in [5.74, 6) is 0.512. The Hall–Kier alpha value is -3.69. The first-order chi connectivity index (χ1) is 16.3. The summed E-state index contributed by atoms with van der Waals surface area (Å²) in [6, 6.07) is 5.22. The number of carbonyl (C=O) groups is 1. The van der Waals surface area contributed by atoms with E-state index < -0.39 is 11.9 Å². The second-order valence-corrected chi connectivity index (χ2v) is 8.51. The highest BCUT2D eigenvalue weighted by Gasteiger charge is 2.40. The zero-order chi connectivity index (χ0) is 23.9. The lowest BCUT2D eigenvalue weighted by Gasteiger charge is -2.35. The van der Waals surface area contributed by atoms with E-state index in [1.54, 1.807) is 18.5 Å². The van der Waals surface area contributed by atoms with E-state index in [4.69, 9.17) is 0 Å². The van der Waals surface area contributed by atoms with Crippen LogP contribution < -0.4 is 0 Å². The molecule has 0 spiro atoms. The maximum atomic E-state index is 13.7. The van der Waals surface area contributed by atoms with Gasteiger partial charge in [0.1, 0.15) is 5.69 Å². The molecule has 1 amide bonds. The maximum absolute atomic E-state index is 13.7. The summed E-state index contributed by atoms with van der Waals surface area (Å²) in [7, 11) is 0. The van der Waals surface area contributed by atoms with E-state index in [1.165, 1.54) is 5.57 Å². The molecule has 0 N–H and O–H groups in total. The number of alkyl halides is 3. The van der Waals surface area contributed by atoms with Gasteiger partial charge >= 0.3 is 6.18 Å². The van der Waals surface area contributed by atoms with Crippen LogP contribution >= 0.6 is 0 Å². The van der Waals surface area contributed by atoms with Crippen LogP contribution in [0.3, 0.4) is 0 Å². The first-order valence-corrected chi connectivity index (χ1v) is 10.9. The van der Waals surface area contributed by atoms with Gasteiger partial charge in [0, 0.05) is 42.8 Å². The second-order valence-electron chi connectivity index (χ2n) is 8.51. The minimum absolute atomic E-state index is 0.117. The highest BCUT2D eigenvalue weighted by Crippen LogP contribution is 2.41. The van der Waals surface area contributed by atoms with Crippen molar-refractivity contribution in [1.29, 1.82) is 0 Å². The Bertz CT molecular complexity index is 1240. The number of hydrogen-bond acceptors (Lipinski definition) is 6. The largest absolute Gasteiger partial charge is 0.434 e. The molecule has 1 aliphatic heterocycles. The molecule has 0 aromatic carbocycles. The number of halogens is 3. The van der Waals surface area contributed by atoms with E-state index in [-0.39, 0.29) is 17.9 Å². The van der Waals surface area contributed by atoms with Crippen molar-refractivity contribution in [1.82, 2.24) is 29.8 Å². The van der Waals surface area contributed by atoms with Crippen molar-refractivity contribution in [2.24, 2.45) is 5.92 Å². The Morgan fingerprint density at radius 2 is 1.91 bits per heavy atom. The van der Waals surface area contributed by atoms with Crippen molar-refractivity contribution in [2.45, 2.75) is 38.4 Å². The standard InChI is InChI=1S/C24H21F3N6O/c1-14-3-6-19(22-28-7-2-8-29-22)21(32-14)23(34)33-13-16-9-15(16)10-18(33)5-4-17-11-31-20(12-30-17)24(25,26)27/h2-3,6-9,11-12,16,18H,4-5,10,13H2,1H3/t16-,18-/m1/s1. The monoisotopic (exact) mass is 466 g/mol. The van der Waals surface area contributed by atoms with E-state index in [1.807, 2.05) is 24.0 Å². The average molecular weight is 466 g/mol. The summed E-state index contributed by atoms with van der Waals surface area (Å²) in [6.45, 7) is 2.38. The minimum atomic E-state index is -4.52. The molecular formula is C24H21F3N6O. The molecule has 5 rings (SSSR count). The van der Waals surface area contributed by atoms with Crippen LogP contribution in [-0.4, -0.2) is 48.3 Å². The third-order valence-electron chi connectivity index (χ3n) is 6.12. The van der Waals surface area contributed by atoms with Crippen LogP contribution in [0.25, 0.3) is 11.4 Å². The molecule has 1 aliphatic carbocycles. The third kappa shape index (κ3) is 4.52. The van der Waals surface area contributed by atoms with Crippen molar-refractivity contribution < 1.29 is 18.0 Å². The maximum Gasteiger partial charge on any atom is 0.434 e. The summed E-state index contributed by atoms with van der Waals surface area (Å²) < 4.78 is 38.3. The fraction of sp³-hybridized carbons (Fsp3) is 0.333. The molecule has 0 unspecified atom stereocenters. The molecule has 34 heavy (non-hydrogen) atoms. The topological polar surface area (TPSA) is 84.8 Å². The molecule has 3 aromatic heterocycles. The summed E-state index contributed by atoms with van der Waals surface area (Å²) in [5.41, 5.74) is 2.34. The minimum Gasteiger partial charge on any atom is -0.333 e. The van der Waals surface area contributed by atoms with Crippen LogP contribution in [0, 0.1) is 12.8 Å². The SMILES string of the molecule is Cc1ccc(-c2ncccn2)c(C(=O)N2C[C@H]3C=C3C[C@H]2CCc2cnc(C(F)(F)F)cn2)n1. The van der Waals surface area contributed by atoms with Gasteiger partial charge < -0.3 is 4.90 Å². The van der Waals surface area contributed by atoms with Crippen LogP contribution in [0.4, 0.5) is 13.2 Å². The first kappa shape index (κ1) is 22.1. The quantitative estimate of drug-likeness (QED) is 0.528. The lowest BCUT2D eigenvalue weighted by Crippen LogP contribution is -2.45. The fourth-order valence-electron chi connectivity index (χ4n) is 4.27. The predicted octanol–water partition coefficient (Wildman–Crippen LogP) is 4.06. The van der Waals surface area contributed by atoms with Crippen molar-refractivity contribution in [3.05, 3.63) is 77.4 Å². The molecule has 0 bridgehead atoms. The zero-order valence-electron chi connectivity index (χ0n) is 18.3. The van der Waals surface area contributed by atoms with Gasteiger partial charge in [0.2, 0.25) is 0 Å². The average Bonchev–Trinajstić information content (AvgIpc) is 3.60. The molecule has 10 heteroatoms. The Labute approximate surface area is 193 Å². The molecule has 0 radical (unpaired) electrons. The number of aryl methyl sites for hydroxylation is 2. The molecule has 174 valence electrons. The molecule has 3 aromatic rings. The molecule has 1 fully saturated rings. The summed E-state index contributed by atoms with van der Waals surface area (Å²) in [4.78, 5) is 36.1. The molecular weight excluding hydrogens is 445 g/mol. The molecule has 0 saturated carbocycles. The number of aromatic nitrogens is 5. The normalized spacial score (nSPS) is 19.4. The number of pyridine rings is 1. The molecule has 7 nitrogen and oxygen atoms in total. The summed E-state index contributed by atoms with van der Waals surface area (Å²) in [5, 5.41) is 0. The zero-order valence-corrected chi connectivity index (χ0v) is 18.3. The second kappa shape index (κ2) is 8.58. The number of likely N-dealkylation sites (tertiary alicyclic amines) is 1. The van der Waals surface area contributed by atoms with Gasteiger partial charge in [-0.15, -0.1) is 0 Å². The predicted molar refractivity (Wildman–Crippen MR) is 116 cm³/mol. The van der Waals surface area contributed by atoms with E-state index in [0.29, 0.717) is 47.9 Å². The number of hydrogen-bond donors (Lipinski definition) is 0. The van der Waals surface area contributed by atoms with E-state index in [0.717, 1.165) is 18.8 Å². The first-order valence-electron chi connectivity index (χ1n) is 10.9. The lowest BCUT2D eigenvalue weighted by atomic mass is 9.96. The van der Waals surface area contributed by atoms with Crippen LogP contribution in [0.2, 0.25) is 0 Å². The van der Waals surface area contributed by atoms with Gasteiger partial charge in [0.15, 0.2) is 11.5 Å². The highest BCUT2D eigenvalue weighted by atomic mass is 19.4. The van der Waals surface area contributed by atoms with E-state index in [2.05, 4.69) is 31.0 Å². The van der Waals surface area contributed by atoms with Gasteiger partial charge in [-0.2, -0.15) is 13.2 Å². The van der Waals surface area contributed by atoms with Crippen LogP contribution in [0.1, 0.15) is 40.4 Å². The van der Waals surface area contributed by atoms with Crippen molar-refractivity contribution in [3.63, 3.8) is 0 Å². The Kier molecular flexibility index (Phi) is 5.59. The van der Waals surface area contributed by atoms with Gasteiger partial charge in [0.05, 0.1) is 17.5 Å². The van der Waals surface area contributed by atoms with Gasteiger partial charge in [-0.25, -0.2) is 19.9 Å². The number of carbonyl (C=O) groups excluding carboxylic acids is 1. The molecule has 1 saturated heterocycles. The van der Waals surface area contributed by atoms with Crippen LogP contribution in [-0.2, 0) is 12.6 Å². The summed E-state index contributed by atoms with van der Waals surface area (Å²) >= 11 is 0. The van der Waals surface area contributed by atoms with Gasteiger partial charge in [-0.05, 0) is 44.4 Å². The number of nitrogens with zero attached hydrogens (tertiary/aromatic N) is 6. The number of fused-ring (bicyclic) bond motifs is 1. The van der Waals surface area contributed by atoms with E-state index >= 15 is 0 Å². The van der Waals surface area contributed by atoms with Crippen molar-refractivity contribution in [3.8, 4) is 11.4 Å². The Morgan fingerprint density at radius 3 is 2.62 bits per heavy atom. The van der Waals surface area contributed by atoms with Crippen molar-refractivity contribution in [2.75, 3.05) is 6.54 Å². The number of rotatable bonds is 5. The number of piperidine rings is 1. The van der Waals surface area contributed by atoms with E-state index in [9.17, 15) is 18.0 Å². The number of amides is 1. The molecule has 4 heterocycles. The Morgan fingerprint density at radius 1 is 1.12 bits per heavy atom. The van der Waals surface area contributed by atoms with Gasteiger partial charge in [-0.1, -0.05) is 11.6 Å².